The average Bonchev–Trinajstić information content (AvgIpc) is 3.64. The van der Waals surface area contributed by atoms with Crippen molar-refractivity contribution in [1.82, 2.24) is 4.90 Å². The second-order valence-electron chi connectivity index (χ2n) is 10.7. The second kappa shape index (κ2) is 7.27. The number of rotatable bonds is 7. The number of benzene rings is 2. The molecule has 1 heterocycles. The van der Waals surface area contributed by atoms with E-state index in [1.165, 1.54) is 17.2 Å². The van der Waals surface area contributed by atoms with Crippen molar-refractivity contribution in [2.75, 3.05) is 24.4 Å². The fraction of sp³-hybridized carbons (Fsp3) is 0.538. The smallest absolute Gasteiger partial charge is 0.235 e. The summed E-state index contributed by atoms with van der Waals surface area (Å²) in [7, 11) is -3.51. The van der Waals surface area contributed by atoms with Crippen LogP contribution in [0.4, 0.5) is 10.1 Å². The molecule has 1 saturated heterocycles. The van der Waals surface area contributed by atoms with Gasteiger partial charge in [0.05, 0.1) is 16.5 Å². The molecule has 3 fully saturated rings. The molecular formula is C26H31FN2O3S. The number of piperidine rings is 1. The number of nitrogens with zero attached hydrogens (tertiary/aromatic N) is 1. The predicted molar refractivity (Wildman–Crippen MR) is 126 cm³/mol. The molecule has 4 aliphatic rings. The lowest BCUT2D eigenvalue weighted by molar-refractivity contribution is 0.0139. The van der Waals surface area contributed by atoms with E-state index in [9.17, 15) is 17.9 Å². The maximum absolute atomic E-state index is 14.5. The van der Waals surface area contributed by atoms with Crippen LogP contribution in [0.25, 0.3) is 0 Å². The van der Waals surface area contributed by atoms with E-state index < -0.39 is 21.4 Å². The molecule has 33 heavy (non-hydrogen) atoms. The summed E-state index contributed by atoms with van der Waals surface area (Å²) in [4.78, 5) is 2.38. The number of hydrogen-bond acceptors (Lipinski definition) is 4. The van der Waals surface area contributed by atoms with Crippen molar-refractivity contribution in [2.45, 2.75) is 55.3 Å². The molecule has 176 valence electrons. The Hall–Kier alpha value is -1.96. The van der Waals surface area contributed by atoms with E-state index >= 15 is 0 Å². The first kappa shape index (κ1) is 21.6. The number of fused-ring (bicyclic) bond motifs is 2. The third-order valence-corrected chi connectivity index (χ3v) is 10.4. The highest BCUT2D eigenvalue weighted by atomic mass is 32.2. The molecule has 2 atom stereocenters. The number of hydrogen-bond donors (Lipinski definition) is 2. The molecule has 2 aromatic carbocycles. The zero-order valence-corrected chi connectivity index (χ0v) is 19.7. The second-order valence-corrected chi connectivity index (χ2v) is 12.6. The highest BCUT2D eigenvalue weighted by Crippen LogP contribution is 2.65. The van der Waals surface area contributed by atoms with Gasteiger partial charge in [0.25, 0.3) is 0 Å². The van der Waals surface area contributed by atoms with Gasteiger partial charge < -0.3 is 5.11 Å². The first-order valence-corrected chi connectivity index (χ1v) is 13.6. The molecule has 0 spiro atoms. The minimum absolute atomic E-state index is 0.0365. The van der Waals surface area contributed by atoms with Gasteiger partial charge in [-0.3, -0.25) is 9.62 Å². The number of nitrogens with one attached hydrogen (secondary N) is 1. The first-order chi connectivity index (χ1) is 15.7. The molecule has 2 unspecified atom stereocenters. The number of anilines is 1. The number of β-amino-alcohol motifs (C(OH)–C–C–N with tert-alkyl or cyclic N) is 1. The number of likely N-dealkylation sites (tertiary alicyclic amines) is 1. The molecule has 0 aromatic heterocycles. The molecule has 2 saturated carbocycles. The standard InChI is InChI=1S/C26H31FN2O3S/c1-2-26(19-7-10-23(27)24(11-19)28-33(31,32)20-8-9-20)21-14-29(15-22(21)26)16-25(30)12-17-5-3-4-6-18(17)13-25/h3-7,10-11,20-22,28,30H,2,8-9,12-16H2,1H3. The lowest BCUT2D eigenvalue weighted by Crippen LogP contribution is -2.45. The van der Waals surface area contributed by atoms with Crippen molar-refractivity contribution < 1.29 is 17.9 Å². The van der Waals surface area contributed by atoms with Gasteiger partial charge in [0.1, 0.15) is 5.82 Å². The summed E-state index contributed by atoms with van der Waals surface area (Å²) in [5.41, 5.74) is 2.86. The molecule has 0 amide bonds. The number of halogens is 1. The third kappa shape index (κ3) is 3.51. The van der Waals surface area contributed by atoms with Crippen LogP contribution in [0.3, 0.4) is 0 Å². The van der Waals surface area contributed by atoms with Gasteiger partial charge >= 0.3 is 0 Å². The maximum Gasteiger partial charge on any atom is 0.235 e. The van der Waals surface area contributed by atoms with Crippen molar-refractivity contribution in [3.63, 3.8) is 0 Å². The molecule has 7 heteroatoms. The van der Waals surface area contributed by atoms with Crippen LogP contribution in [0, 0.1) is 17.7 Å². The topological polar surface area (TPSA) is 69.6 Å². The van der Waals surface area contributed by atoms with E-state index in [2.05, 4.69) is 28.7 Å². The SMILES string of the molecule is CCC1(c2ccc(F)c(NS(=O)(=O)C3CC3)c2)C2CN(CC3(O)Cc4ccccc4C3)CC21. The summed E-state index contributed by atoms with van der Waals surface area (Å²) in [5, 5.41) is 10.9. The summed E-state index contributed by atoms with van der Waals surface area (Å²) >= 11 is 0. The summed E-state index contributed by atoms with van der Waals surface area (Å²) in [6, 6.07) is 13.3. The van der Waals surface area contributed by atoms with E-state index in [1.54, 1.807) is 6.07 Å². The molecule has 1 aliphatic heterocycles. The van der Waals surface area contributed by atoms with Gasteiger partial charge in [0, 0.05) is 37.9 Å². The van der Waals surface area contributed by atoms with Crippen molar-refractivity contribution in [3.05, 3.63) is 65.0 Å². The van der Waals surface area contributed by atoms with Gasteiger partial charge in [0.15, 0.2) is 0 Å². The van der Waals surface area contributed by atoms with Gasteiger partial charge in [-0.2, -0.15) is 0 Å². The minimum atomic E-state index is -3.51. The van der Waals surface area contributed by atoms with Gasteiger partial charge in [0.2, 0.25) is 10.0 Å². The monoisotopic (exact) mass is 470 g/mol. The Bertz CT molecular complexity index is 1170. The van der Waals surface area contributed by atoms with Crippen molar-refractivity contribution in [1.29, 1.82) is 0 Å². The van der Waals surface area contributed by atoms with E-state index in [1.807, 2.05) is 18.2 Å². The zero-order valence-electron chi connectivity index (χ0n) is 18.9. The van der Waals surface area contributed by atoms with Crippen LogP contribution < -0.4 is 4.72 Å². The van der Waals surface area contributed by atoms with E-state index in [0.29, 0.717) is 44.1 Å². The zero-order chi connectivity index (χ0) is 23.0. The quantitative estimate of drug-likeness (QED) is 0.650. The Balaban J connectivity index is 1.16. The molecule has 5 nitrogen and oxygen atoms in total. The third-order valence-electron chi connectivity index (χ3n) is 8.59. The van der Waals surface area contributed by atoms with Gasteiger partial charge in [-0.15, -0.1) is 0 Å². The van der Waals surface area contributed by atoms with E-state index in [-0.39, 0.29) is 16.4 Å². The number of sulfonamides is 1. The highest BCUT2D eigenvalue weighted by Gasteiger charge is 2.67. The normalized spacial score (nSPS) is 30.2. The lowest BCUT2D eigenvalue weighted by atomic mass is 9.87. The van der Waals surface area contributed by atoms with Crippen LogP contribution in [0.15, 0.2) is 42.5 Å². The molecule has 6 rings (SSSR count). The lowest BCUT2D eigenvalue weighted by Gasteiger charge is -2.32. The summed E-state index contributed by atoms with van der Waals surface area (Å²) in [6.07, 6.45) is 3.64. The van der Waals surface area contributed by atoms with Crippen LogP contribution in [0.5, 0.6) is 0 Å². The van der Waals surface area contributed by atoms with Gasteiger partial charge in [-0.1, -0.05) is 37.3 Å². The Morgan fingerprint density at radius 2 is 1.73 bits per heavy atom. The number of aliphatic hydroxyl groups is 1. The van der Waals surface area contributed by atoms with Crippen molar-refractivity contribution in [2.24, 2.45) is 11.8 Å². The summed E-state index contributed by atoms with van der Waals surface area (Å²) in [6.45, 7) is 4.67. The molecule has 0 radical (unpaired) electrons. The molecule has 2 N–H and O–H groups in total. The Morgan fingerprint density at radius 1 is 1.09 bits per heavy atom. The molecule has 3 aliphatic carbocycles. The van der Waals surface area contributed by atoms with E-state index in [4.69, 9.17) is 0 Å². The first-order valence-electron chi connectivity index (χ1n) is 12.1. The Kier molecular flexibility index (Phi) is 4.75. The Labute approximate surface area is 195 Å². The summed E-state index contributed by atoms with van der Waals surface area (Å²) < 4.78 is 41.7. The molecule has 0 bridgehead atoms. The summed E-state index contributed by atoms with van der Waals surface area (Å²) in [5.74, 6) is 0.381. The van der Waals surface area contributed by atoms with Crippen LogP contribution in [0.2, 0.25) is 0 Å². The van der Waals surface area contributed by atoms with Crippen LogP contribution in [-0.2, 0) is 28.3 Å². The minimum Gasteiger partial charge on any atom is -0.388 e. The highest BCUT2D eigenvalue weighted by molar-refractivity contribution is 7.93. The van der Waals surface area contributed by atoms with Crippen molar-refractivity contribution >= 4 is 15.7 Å². The van der Waals surface area contributed by atoms with Crippen LogP contribution in [0.1, 0.15) is 42.9 Å². The van der Waals surface area contributed by atoms with Gasteiger partial charge in [-0.25, -0.2) is 12.8 Å². The average molecular weight is 471 g/mol. The fourth-order valence-electron chi connectivity index (χ4n) is 6.81. The van der Waals surface area contributed by atoms with Crippen LogP contribution in [-0.4, -0.2) is 48.9 Å². The van der Waals surface area contributed by atoms with E-state index in [0.717, 1.165) is 25.1 Å². The fourth-order valence-corrected chi connectivity index (χ4v) is 8.20. The molecular weight excluding hydrogens is 439 g/mol. The Morgan fingerprint density at radius 3 is 2.30 bits per heavy atom. The van der Waals surface area contributed by atoms with Gasteiger partial charge in [-0.05, 0) is 59.9 Å². The largest absolute Gasteiger partial charge is 0.388 e. The van der Waals surface area contributed by atoms with Crippen molar-refractivity contribution in [3.8, 4) is 0 Å². The predicted octanol–water partition coefficient (Wildman–Crippen LogP) is 3.47. The molecule has 2 aromatic rings. The van der Waals surface area contributed by atoms with Crippen LogP contribution >= 0.6 is 0 Å². The maximum atomic E-state index is 14.5.